The molecule has 4 rings (SSSR count). The van der Waals surface area contributed by atoms with Crippen LogP contribution in [0.3, 0.4) is 0 Å². The van der Waals surface area contributed by atoms with Crippen LogP contribution in [0.2, 0.25) is 0 Å². The molecule has 1 aromatic rings. The van der Waals surface area contributed by atoms with Crippen molar-refractivity contribution in [3.63, 3.8) is 0 Å². The molecule has 3 aliphatic carbocycles. The van der Waals surface area contributed by atoms with Gasteiger partial charge in [-0.05, 0) is 44.2 Å². The monoisotopic (exact) mass is 441 g/mol. The maximum Gasteiger partial charge on any atom is 0.203 e. The fourth-order valence-corrected chi connectivity index (χ4v) is 5.29. The highest BCUT2D eigenvalue weighted by Gasteiger charge is 2.58. The third-order valence-corrected chi connectivity index (χ3v) is 6.89. The van der Waals surface area contributed by atoms with Gasteiger partial charge in [0.1, 0.15) is 17.3 Å². The minimum Gasteiger partial charge on any atom is -0.512 e. The van der Waals surface area contributed by atoms with Gasteiger partial charge in [-0.3, -0.25) is 19.2 Å². The van der Waals surface area contributed by atoms with Gasteiger partial charge in [0.05, 0.1) is 11.1 Å². The van der Waals surface area contributed by atoms with E-state index in [4.69, 9.17) is 5.73 Å². The molecular formula is C23H23NO8. The molecule has 0 radical (unpaired) electrons. The summed E-state index contributed by atoms with van der Waals surface area (Å²) in [5, 5.41) is 43.1. The Kier molecular flexibility index (Phi) is 4.87. The zero-order chi connectivity index (χ0) is 23.7. The molecule has 9 heteroatoms. The van der Waals surface area contributed by atoms with Crippen molar-refractivity contribution in [2.75, 3.05) is 6.54 Å². The van der Waals surface area contributed by atoms with E-state index in [1.165, 1.54) is 19.9 Å². The number of allylic oxidation sites excluding steroid dienone is 2. The van der Waals surface area contributed by atoms with E-state index in [0.717, 1.165) is 0 Å². The molecule has 0 aromatic heterocycles. The third kappa shape index (κ3) is 2.71. The molecule has 0 saturated carbocycles. The van der Waals surface area contributed by atoms with E-state index in [1.54, 1.807) is 0 Å². The largest absolute Gasteiger partial charge is 0.512 e. The van der Waals surface area contributed by atoms with Gasteiger partial charge in [-0.2, -0.15) is 0 Å². The normalized spacial score (nSPS) is 27.1. The number of aliphatic hydroxyl groups is 3. The Labute approximate surface area is 182 Å². The average Bonchev–Trinajstić information content (AvgIpc) is 2.70. The SMILES string of the molecule is CC(=O)c1cc(C(C)=O)c2c(c1O)C(=O)C1=C(O)[C@]3(O)C(=O)C(CN)=C(O)C[C@@H]3C[C@@H]1C2. The first-order valence-electron chi connectivity index (χ1n) is 10.2. The lowest BCUT2D eigenvalue weighted by molar-refractivity contribution is -0.142. The second-order valence-electron chi connectivity index (χ2n) is 8.64. The van der Waals surface area contributed by atoms with Crippen LogP contribution in [0.25, 0.3) is 0 Å². The van der Waals surface area contributed by atoms with Crippen LogP contribution in [-0.2, 0) is 11.2 Å². The third-order valence-electron chi connectivity index (χ3n) is 6.89. The Morgan fingerprint density at radius 1 is 1.09 bits per heavy atom. The minimum atomic E-state index is -2.43. The predicted molar refractivity (Wildman–Crippen MR) is 111 cm³/mol. The minimum absolute atomic E-state index is 0.0656. The molecule has 0 saturated heterocycles. The molecule has 168 valence electrons. The van der Waals surface area contributed by atoms with Crippen molar-refractivity contribution in [1.29, 1.82) is 0 Å². The second-order valence-corrected chi connectivity index (χ2v) is 8.64. The quantitative estimate of drug-likeness (QED) is 0.435. The van der Waals surface area contributed by atoms with Gasteiger partial charge < -0.3 is 26.2 Å². The summed E-state index contributed by atoms with van der Waals surface area (Å²) in [6.07, 6.45) is 0.0230. The number of carbonyl (C=O) groups excluding carboxylic acids is 4. The van der Waals surface area contributed by atoms with E-state index in [0.29, 0.717) is 0 Å². The number of carbonyl (C=O) groups is 4. The number of benzene rings is 1. The van der Waals surface area contributed by atoms with Crippen LogP contribution in [-0.4, -0.2) is 55.7 Å². The van der Waals surface area contributed by atoms with Crippen LogP contribution in [0.1, 0.15) is 63.3 Å². The van der Waals surface area contributed by atoms with Crippen LogP contribution in [0.4, 0.5) is 0 Å². The molecule has 0 bridgehead atoms. The molecule has 0 amide bonds. The van der Waals surface area contributed by atoms with Crippen LogP contribution < -0.4 is 5.73 Å². The van der Waals surface area contributed by atoms with Crippen LogP contribution in [0, 0.1) is 11.8 Å². The molecule has 0 aliphatic heterocycles. The van der Waals surface area contributed by atoms with E-state index in [2.05, 4.69) is 0 Å². The van der Waals surface area contributed by atoms with Gasteiger partial charge in [0, 0.05) is 35.6 Å². The lowest BCUT2D eigenvalue weighted by Crippen LogP contribution is -2.56. The molecule has 6 N–H and O–H groups in total. The number of phenols is 1. The van der Waals surface area contributed by atoms with Gasteiger partial charge in [-0.15, -0.1) is 0 Å². The predicted octanol–water partition coefficient (Wildman–Crippen LogP) is 1.46. The standard InChI is InChI=1S/C23H23NO8/c1-8(25)12-6-13(9(2)26)19(28)18-14(12)4-10-3-11-5-16(27)15(7-24)21(30)23(11,32)22(31)17(10)20(18)29/h6,10-11,27-28,31-32H,3-5,7,24H2,1-2H3/t10-,11+,23-/m1/s1. The highest BCUT2D eigenvalue weighted by Crippen LogP contribution is 2.51. The molecule has 32 heavy (non-hydrogen) atoms. The average molecular weight is 441 g/mol. The van der Waals surface area contributed by atoms with Gasteiger partial charge in [-0.25, -0.2) is 0 Å². The van der Waals surface area contributed by atoms with Crippen molar-refractivity contribution < 1.29 is 39.6 Å². The van der Waals surface area contributed by atoms with E-state index >= 15 is 0 Å². The maximum absolute atomic E-state index is 13.5. The number of ketones is 4. The van der Waals surface area contributed by atoms with Crippen molar-refractivity contribution >= 4 is 23.1 Å². The van der Waals surface area contributed by atoms with Gasteiger partial charge >= 0.3 is 0 Å². The molecule has 3 atom stereocenters. The summed E-state index contributed by atoms with van der Waals surface area (Å²) in [5.74, 6) is -6.06. The van der Waals surface area contributed by atoms with Crippen LogP contribution in [0.5, 0.6) is 5.75 Å². The number of rotatable bonds is 3. The highest BCUT2D eigenvalue weighted by molar-refractivity contribution is 6.18. The maximum atomic E-state index is 13.5. The van der Waals surface area contributed by atoms with Crippen molar-refractivity contribution in [3.05, 3.63) is 51.0 Å². The fourth-order valence-electron chi connectivity index (χ4n) is 5.29. The first-order chi connectivity index (χ1) is 14.9. The number of hydrogen-bond acceptors (Lipinski definition) is 9. The Bertz CT molecular complexity index is 1190. The Morgan fingerprint density at radius 3 is 2.28 bits per heavy atom. The fraction of sp³-hybridized carbons (Fsp3) is 0.391. The van der Waals surface area contributed by atoms with E-state index < -0.39 is 52.1 Å². The topological polar surface area (TPSA) is 175 Å². The van der Waals surface area contributed by atoms with Gasteiger partial charge in [0.25, 0.3) is 0 Å². The first kappa shape index (κ1) is 21.9. The summed E-state index contributed by atoms with van der Waals surface area (Å²) in [5.41, 5.74) is 2.50. The number of Topliss-reactive ketones (excluding diaryl/α,β-unsaturated/α-hetero) is 4. The van der Waals surface area contributed by atoms with Crippen LogP contribution in [0.15, 0.2) is 28.7 Å². The lowest BCUT2D eigenvalue weighted by atomic mass is 9.60. The first-order valence-corrected chi connectivity index (χ1v) is 10.2. The molecular weight excluding hydrogens is 418 g/mol. The summed E-state index contributed by atoms with van der Waals surface area (Å²) in [7, 11) is 0. The molecule has 0 unspecified atom stereocenters. The summed E-state index contributed by atoms with van der Waals surface area (Å²) >= 11 is 0. The van der Waals surface area contributed by atoms with Gasteiger partial charge in [0.2, 0.25) is 5.78 Å². The van der Waals surface area contributed by atoms with Crippen molar-refractivity contribution in [2.24, 2.45) is 17.6 Å². The van der Waals surface area contributed by atoms with E-state index in [1.807, 2.05) is 0 Å². The Morgan fingerprint density at radius 2 is 1.72 bits per heavy atom. The number of hydrogen-bond donors (Lipinski definition) is 5. The van der Waals surface area contributed by atoms with Crippen LogP contribution >= 0.6 is 0 Å². The molecule has 1 aromatic carbocycles. The van der Waals surface area contributed by atoms with Crippen molar-refractivity contribution in [1.82, 2.24) is 0 Å². The van der Waals surface area contributed by atoms with Crippen molar-refractivity contribution in [3.8, 4) is 5.75 Å². The smallest absolute Gasteiger partial charge is 0.203 e. The summed E-state index contributed by atoms with van der Waals surface area (Å²) in [4.78, 5) is 50.6. The van der Waals surface area contributed by atoms with Gasteiger partial charge in [0.15, 0.2) is 23.0 Å². The number of phenolic OH excluding ortho intramolecular Hbond substituents is 1. The van der Waals surface area contributed by atoms with Crippen molar-refractivity contribution in [2.45, 2.75) is 38.7 Å². The zero-order valence-electron chi connectivity index (χ0n) is 17.6. The Balaban J connectivity index is 1.97. The van der Waals surface area contributed by atoms with Gasteiger partial charge in [-0.1, -0.05) is 0 Å². The molecule has 0 fully saturated rings. The van der Waals surface area contributed by atoms with E-state index in [-0.39, 0.29) is 65.0 Å². The molecule has 0 heterocycles. The number of nitrogens with two attached hydrogens (primary N) is 1. The second kappa shape index (κ2) is 7.11. The molecule has 3 aliphatic rings. The summed E-state index contributed by atoms with van der Waals surface area (Å²) in [6.45, 7) is 2.10. The van der Waals surface area contributed by atoms with E-state index in [9.17, 15) is 39.6 Å². The summed E-state index contributed by atoms with van der Waals surface area (Å²) in [6, 6.07) is 1.26. The number of aromatic hydroxyl groups is 1. The molecule has 9 nitrogen and oxygen atoms in total. The molecule has 0 spiro atoms. The highest BCUT2D eigenvalue weighted by atomic mass is 16.3. The number of fused-ring (bicyclic) bond motifs is 3. The lowest BCUT2D eigenvalue weighted by Gasteiger charge is -2.46. The Hall–Kier alpha value is -3.30. The zero-order valence-corrected chi connectivity index (χ0v) is 17.6. The summed E-state index contributed by atoms with van der Waals surface area (Å²) < 4.78 is 0. The number of aliphatic hydroxyl groups excluding tert-OH is 2.